The first-order chi connectivity index (χ1) is 16.3. The Bertz CT molecular complexity index is 1140. The zero-order chi connectivity index (χ0) is 24.3. The van der Waals surface area contributed by atoms with Crippen LogP contribution in [0.3, 0.4) is 0 Å². The Hall–Kier alpha value is -2.91. The van der Waals surface area contributed by atoms with Crippen LogP contribution in [0.5, 0.6) is 5.75 Å². The van der Waals surface area contributed by atoms with Gasteiger partial charge in [0.25, 0.3) is 5.91 Å². The van der Waals surface area contributed by atoms with Crippen molar-refractivity contribution >= 4 is 27.5 Å². The van der Waals surface area contributed by atoms with Gasteiger partial charge in [-0.15, -0.1) is 0 Å². The van der Waals surface area contributed by atoms with Crippen LogP contribution < -0.4 is 10.1 Å². The summed E-state index contributed by atoms with van der Waals surface area (Å²) in [7, 11) is -3.75. The molecule has 1 atom stereocenters. The third-order valence-corrected chi connectivity index (χ3v) is 8.39. The van der Waals surface area contributed by atoms with E-state index in [2.05, 4.69) is 5.32 Å². The number of anilines is 1. The van der Waals surface area contributed by atoms with Crippen LogP contribution in [0, 0.1) is 5.92 Å². The van der Waals surface area contributed by atoms with E-state index >= 15 is 0 Å². The maximum atomic E-state index is 13.3. The molecule has 4 rings (SSSR count). The Morgan fingerprint density at radius 3 is 2.47 bits per heavy atom. The van der Waals surface area contributed by atoms with Crippen molar-refractivity contribution in [1.29, 1.82) is 0 Å². The molecule has 34 heavy (non-hydrogen) atoms. The van der Waals surface area contributed by atoms with E-state index in [1.54, 1.807) is 6.07 Å². The lowest BCUT2D eigenvalue weighted by atomic mass is 9.96. The highest BCUT2D eigenvalue weighted by atomic mass is 32.2. The predicted molar refractivity (Wildman–Crippen MR) is 129 cm³/mol. The number of carbonyl (C=O) groups is 2. The fraction of sp³-hybridized carbons (Fsp3) is 0.440. The van der Waals surface area contributed by atoms with Crippen molar-refractivity contribution in [3.63, 3.8) is 0 Å². The van der Waals surface area contributed by atoms with Crippen LogP contribution in [0.15, 0.2) is 53.4 Å². The number of ether oxygens (including phenoxy) is 1. The molecule has 0 aliphatic carbocycles. The summed E-state index contributed by atoms with van der Waals surface area (Å²) in [6.45, 7) is 5.52. The SMILES string of the molecule is CCC1Oc2ccc(S(=O)(=O)N3CCC(C(=O)N(CC)Cc4ccccc4)CC3)cc2NC1=O. The Morgan fingerprint density at radius 1 is 1.12 bits per heavy atom. The van der Waals surface area contributed by atoms with Crippen molar-refractivity contribution in [2.75, 3.05) is 25.0 Å². The summed E-state index contributed by atoms with van der Waals surface area (Å²) in [4.78, 5) is 27.2. The number of nitrogens with one attached hydrogen (secondary N) is 1. The fourth-order valence-electron chi connectivity index (χ4n) is 4.46. The van der Waals surface area contributed by atoms with Crippen LogP contribution in [0.4, 0.5) is 5.69 Å². The van der Waals surface area contributed by atoms with Gasteiger partial charge in [-0.3, -0.25) is 9.59 Å². The highest BCUT2D eigenvalue weighted by molar-refractivity contribution is 7.89. The zero-order valence-electron chi connectivity index (χ0n) is 19.6. The first-order valence-electron chi connectivity index (χ1n) is 11.8. The number of fused-ring (bicyclic) bond motifs is 1. The molecule has 1 N–H and O–H groups in total. The molecule has 2 amide bonds. The second kappa shape index (κ2) is 10.1. The van der Waals surface area contributed by atoms with Gasteiger partial charge in [-0.1, -0.05) is 37.3 Å². The minimum Gasteiger partial charge on any atom is -0.478 e. The molecule has 0 bridgehead atoms. The van der Waals surface area contributed by atoms with Gasteiger partial charge >= 0.3 is 0 Å². The van der Waals surface area contributed by atoms with Crippen molar-refractivity contribution in [2.45, 2.75) is 50.7 Å². The van der Waals surface area contributed by atoms with Crippen molar-refractivity contribution in [3.05, 3.63) is 54.1 Å². The number of hydrogen-bond donors (Lipinski definition) is 1. The van der Waals surface area contributed by atoms with Crippen LogP contribution in [0.1, 0.15) is 38.7 Å². The second-order valence-corrected chi connectivity index (χ2v) is 10.6. The van der Waals surface area contributed by atoms with Crippen LogP contribution in [0.2, 0.25) is 0 Å². The van der Waals surface area contributed by atoms with E-state index in [0.29, 0.717) is 43.8 Å². The van der Waals surface area contributed by atoms with Gasteiger partial charge in [-0.2, -0.15) is 4.31 Å². The molecule has 1 saturated heterocycles. The standard InChI is InChI=1S/C25H31N3O5S/c1-3-22-24(29)26-21-16-20(10-11-23(21)33-22)34(31,32)28-14-12-19(13-15-28)25(30)27(4-2)17-18-8-6-5-7-9-18/h5-11,16,19,22H,3-4,12-15,17H2,1-2H3,(H,26,29). The van der Waals surface area contributed by atoms with Gasteiger partial charge in [0.05, 0.1) is 10.6 Å². The molecule has 8 nitrogen and oxygen atoms in total. The molecule has 2 aliphatic rings. The van der Waals surface area contributed by atoms with Crippen LogP contribution >= 0.6 is 0 Å². The molecule has 2 aliphatic heterocycles. The predicted octanol–water partition coefficient (Wildman–Crippen LogP) is 3.25. The van der Waals surface area contributed by atoms with Crippen molar-refractivity contribution in [2.24, 2.45) is 5.92 Å². The molecular weight excluding hydrogens is 454 g/mol. The van der Waals surface area contributed by atoms with Gasteiger partial charge in [0.2, 0.25) is 15.9 Å². The van der Waals surface area contributed by atoms with Crippen LogP contribution in [-0.4, -0.2) is 55.2 Å². The number of benzene rings is 2. The number of sulfonamides is 1. The maximum Gasteiger partial charge on any atom is 0.265 e. The molecule has 2 aromatic rings. The van der Waals surface area contributed by atoms with Crippen molar-refractivity contribution < 1.29 is 22.7 Å². The first kappa shape index (κ1) is 24.2. The van der Waals surface area contributed by atoms with Crippen molar-refractivity contribution in [1.82, 2.24) is 9.21 Å². The Labute approximate surface area is 200 Å². The quantitative estimate of drug-likeness (QED) is 0.650. The number of rotatable bonds is 7. The Kier molecular flexibility index (Phi) is 7.23. The monoisotopic (exact) mass is 485 g/mol. The molecule has 0 aromatic heterocycles. The molecule has 2 heterocycles. The van der Waals surface area contributed by atoms with Gasteiger partial charge in [-0.25, -0.2) is 8.42 Å². The van der Waals surface area contributed by atoms with Crippen LogP contribution in [-0.2, 0) is 26.2 Å². The lowest BCUT2D eigenvalue weighted by Gasteiger charge is -2.33. The Morgan fingerprint density at radius 2 is 1.82 bits per heavy atom. The number of hydrogen-bond acceptors (Lipinski definition) is 5. The van der Waals surface area contributed by atoms with Gasteiger partial charge in [-0.05, 0) is 49.9 Å². The summed E-state index contributed by atoms with van der Waals surface area (Å²) < 4.78 is 33.6. The van der Waals surface area contributed by atoms with Crippen LogP contribution in [0.25, 0.3) is 0 Å². The van der Waals surface area contributed by atoms with E-state index in [4.69, 9.17) is 4.74 Å². The van der Waals surface area contributed by atoms with E-state index < -0.39 is 16.1 Å². The molecule has 0 spiro atoms. The largest absolute Gasteiger partial charge is 0.478 e. The third-order valence-electron chi connectivity index (χ3n) is 6.49. The van der Waals surface area contributed by atoms with E-state index in [1.165, 1.54) is 16.4 Å². The summed E-state index contributed by atoms with van der Waals surface area (Å²) in [5, 5.41) is 2.74. The molecule has 1 unspecified atom stereocenters. The summed E-state index contributed by atoms with van der Waals surface area (Å²) >= 11 is 0. The second-order valence-electron chi connectivity index (χ2n) is 8.68. The summed E-state index contributed by atoms with van der Waals surface area (Å²) in [5.74, 6) is 0.0625. The van der Waals surface area contributed by atoms with Gasteiger partial charge in [0.1, 0.15) is 5.75 Å². The average molecular weight is 486 g/mol. The normalized spacial score (nSPS) is 19.1. The number of nitrogens with zero attached hydrogens (tertiary/aromatic N) is 2. The smallest absolute Gasteiger partial charge is 0.265 e. The van der Waals surface area contributed by atoms with Gasteiger partial charge < -0.3 is 15.0 Å². The van der Waals surface area contributed by atoms with E-state index in [1.807, 2.05) is 49.1 Å². The molecule has 0 saturated carbocycles. The molecule has 182 valence electrons. The molecule has 2 aromatic carbocycles. The molecule has 1 fully saturated rings. The topological polar surface area (TPSA) is 96.0 Å². The van der Waals surface area contributed by atoms with E-state index in [0.717, 1.165) is 5.56 Å². The maximum absolute atomic E-state index is 13.3. The molecular formula is C25H31N3O5S. The summed E-state index contributed by atoms with van der Waals surface area (Å²) in [5.41, 5.74) is 1.44. The van der Waals surface area contributed by atoms with Gasteiger partial charge in [0, 0.05) is 32.1 Å². The molecule has 0 radical (unpaired) electrons. The minimum absolute atomic E-state index is 0.0718. The summed E-state index contributed by atoms with van der Waals surface area (Å²) in [6, 6.07) is 14.4. The number of amides is 2. The Balaban J connectivity index is 1.41. The lowest BCUT2D eigenvalue weighted by Crippen LogP contribution is -2.44. The fourth-order valence-corrected chi connectivity index (χ4v) is 5.95. The number of piperidine rings is 1. The highest BCUT2D eigenvalue weighted by Crippen LogP contribution is 2.34. The lowest BCUT2D eigenvalue weighted by molar-refractivity contribution is -0.137. The van der Waals surface area contributed by atoms with Crippen molar-refractivity contribution in [3.8, 4) is 5.75 Å². The molecule has 9 heteroatoms. The van der Waals surface area contributed by atoms with E-state index in [9.17, 15) is 18.0 Å². The third kappa shape index (κ3) is 4.95. The first-order valence-corrected chi connectivity index (χ1v) is 13.2. The van der Waals surface area contributed by atoms with E-state index in [-0.39, 0.29) is 35.7 Å². The average Bonchev–Trinajstić information content (AvgIpc) is 2.86. The minimum atomic E-state index is -3.75. The highest BCUT2D eigenvalue weighted by Gasteiger charge is 2.35. The number of carbonyl (C=O) groups excluding carboxylic acids is 2. The zero-order valence-corrected chi connectivity index (χ0v) is 20.4. The summed E-state index contributed by atoms with van der Waals surface area (Å²) in [6.07, 6.45) is 0.912. The van der Waals surface area contributed by atoms with Gasteiger partial charge in [0.15, 0.2) is 6.10 Å².